The summed E-state index contributed by atoms with van der Waals surface area (Å²) < 4.78 is 46.4. The van der Waals surface area contributed by atoms with Gasteiger partial charge < -0.3 is 15.4 Å². The zero-order valence-corrected chi connectivity index (χ0v) is 18.2. The van der Waals surface area contributed by atoms with Crippen LogP contribution >= 0.6 is 0 Å². The maximum Gasteiger partial charge on any atom is 0.421 e. The molecule has 0 aliphatic rings. The molecular formula is C24H27F3N4O. The van der Waals surface area contributed by atoms with E-state index in [2.05, 4.69) is 27.5 Å². The molecule has 3 aromatic rings. The summed E-state index contributed by atoms with van der Waals surface area (Å²) in [7, 11) is 0. The first-order valence-corrected chi connectivity index (χ1v) is 10.6. The van der Waals surface area contributed by atoms with Crippen molar-refractivity contribution in [2.24, 2.45) is 0 Å². The number of nitrogens with one attached hydrogen (secondary N) is 2. The van der Waals surface area contributed by atoms with Gasteiger partial charge in [-0.05, 0) is 43.2 Å². The van der Waals surface area contributed by atoms with Crippen LogP contribution in [0.4, 0.5) is 36.3 Å². The van der Waals surface area contributed by atoms with Crippen LogP contribution in [-0.2, 0) is 6.18 Å². The van der Waals surface area contributed by atoms with E-state index >= 15 is 0 Å². The van der Waals surface area contributed by atoms with Crippen LogP contribution in [0.2, 0.25) is 0 Å². The average molecular weight is 445 g/mol. The van der Waals surface area contributed by atoms with Gasteiger partial charge in [0.2, 0.25) is 5.95 Å². The number of rotatable bonds is 10. The van der Waals surface area contributed by atoms with Crippen molar-refractivity contribution in [3.05, 3.63) is 65.9 Å². The molecule has 0 spiro atoms. The minimum absolute atomic E-state index is 0.0643. The fourth-order valence-electron chi connectivity index (χ4n) is 3.12. The van der Waals surface area contributed by atoms with Gasteiger partial charge in [0, 0.05) is 23.6 Å². The lowest BCUT2D eigenvalue weighted by Crippen LogP contribution is -2.12. The maximum atomic E-state index is 13.5. The molecular weight excluding hydrogens is 417 g/mol. The van der Waals surface area contributed by atoms with Gasteiger partial charge in [-0.2, -0.15) is 18.2 Å². The van der Waals surface area contributed by atoms with E-state index in [1.54, 1.807) is 30.3 Å². The van der Waals surface area contributed by atoms with Gasteiger partial charge in [0.1, 0.15) is 17.1 Å². The number of hydrogen-bond acceptors (Lipinski definition) is 5. The van der Waals surface area contributed by atoms with E-state index in [4.69, 9.17) is 4.74 Å². The fraction of sp³-hybridized carbons (Fsp3) is 0.333. The van der Waals surface area contributed by atoms with Gasteiger partial charge in [-0.15, -0.1) is 0 Å². The number of anilines is 4. The Bertz CT molecular complexity index is 1020. The summed E-state index contributed by atoms with van der Waals surface area (Å²) in [5.74, 6) is 0.324. The molecule has 0 unspecified atom stereocenters. The number of aromatic nitrogens is 2. The van der Waals surface area contributed by atoms with Gasteiger partial charge in [-0.25, -0.2) is 4.98 Å². The first-order chi connectivity index (χ1) is 15.3. The first-order valence-electron chi connectivity index (χ1n) is 10.6. The Morgan fingerprint density at radius 3 is 2.41 bits per heavy atom. The smallest absolute Gasteiger partial charge is 0.421 e. The third-order valence-electron chi connectivity index (χ3n) is 4.73. The first kappa shape index (κ1) is 23.4. The molecule has 0 bridgehead atoms. The van der Waals surface area contributed by atoms with E-state index in [0.29, 0.717) is 23.7 Å². The molecule has 0 fully saturated rings. The van der Waals surface area contributed by atoms with Crippen molar-refractivity contribution in [2.75, 3.05) is 17.2 Å². The highest BCUT2D eigenvalue weighted by Crippen LogP contribution is 2.35. The van der Waals surface area contributed by atoms with Crippen molar-refractivity contribution >= 4 is 23.1 Å². The Morgan fingerprint density at radius 1 is 0.938 bits per heavy atom. The Kier molecular flexibility index (Phi) is 7.92. The molecule has 8 heteroatoms. The summed E-state index contributed by atoms with van der Waals surface area (Å²) >= 11 is 0. The number of aryl methyl sites for hydroxylation is 1. The Balaban J connectivity index is 1.78. The van der Waals surface area contributed by atoms with Crippen LogP contribution in [0.1, 0.15) is 43.7 Å². The predicted molar refractivity (Wildman–Crippen MR) is 121 cm³/mol. The molecule has 3 rings (SSSR count). The molecule has 32 heavy (non-hydrogen) atoms. The fourth-order valence-corrected chi connectivity index (χ4v) is 3.12. The molecule has 170 valence electrons. The lowest BCUT2D eigenvalue weighted by molar-refractivity contribution is -0.137. The number of hydrogen-bond donors (Lipinski definition) is 2. The summed E-state index contributed by atoms with van der Waals surface area (Å²) in [6.45, 7) is 4.63. The second-order valence-corrected chi connectivity index (χ2v) is 7.51. The van der Waals surface area contributed by atoms with Crippen molar-refractivity contribution in [3.63, 3.8) is 0 Å². The number of alkyl halides is 3. The van der Waals surface area contributed by atoms with Crippen molar-refractivity contribution in [2.45, 2.75) is 45.7 Å². The zero-order valence-electron chi connectivity index (χ0n) is 18.2. The molecule has 0 saturated heterocycles. The largest absolute Gasteiger partial charge is 0.494 e. The van der Waals surface area contributed by atoms with Gasteiger partial charge in [0.15, 0.2) is 0 Å². The molecule has 0 radical (unpaired) electrons. The second kappa shape index (κ2) is 10.8. The lowest BCUT2D eigenvalue weighted by atomic mass is 10.2. The summed E-state index contributed by atoms with van der Waals surface area (Å²) in [5.41, 5.74) is 1.20. The summed E-state index contributed by atoms with van der Waals surface area (Å²) in [6, 6.07) is 14.2. The molecule has 5 nitrogen and oxygen atoms in total. The van der Waals surface area contributed by atoms with Crippen LogP contribution in [0.5, 0.6) is 5.75 Å². The van der Waals surface area contributed by atoms with E-state index in [-0.39, 0.29) is 11.8 Å². The Hall–Kier alpha value is -3.29. The van der Waals surface area contributed by atoms with Crippen molar-refractivity contribution in [1.29, 1.82) is 0 Å². The topological polar surface area (TPSA) is 59.1 Å². The lowest BCUT2D eigenvalue weighted by Gasteiger charge is -2.15. The Labute approximate surface area is 186 Å². The van der Waals surface area contributed by atoms with Gasteiger partial charge in [-0.1, -0.05) is 44.4 Å². The highest BCUT2D eigenvalue weighted by molar-refractivity contribution is 5.64. The third kappa shape index (κ3) is 6.87. The molecule has 0 aliphatic heterocycles. The molecule has 0 amide bonds. The number of nitrogens with zero attached hydrogens (tertiary/aromatic N) is 2. The number of halogens is 3. The van der Waals surface area contributed by atoms with Gasteiger partial charge in [0.25, 0.3) is 0 Å². The minimum Gasteiger partial charge on any atom is -0.494 e. The summed E-state index contributed by atoms with van der Waals surface area (Å²) in [5, 5.41) is 5.73. The number of ether oxygens (including phenoxy) is 1. The van der Waals surface area contributed by atoms with Crippen LogP contribution < -0.4 is 15.4 Å². The number of benzene rings is 2. The Morgan fingerprint density at radius 2 is 1.69 bits per heavy atom. The van der Waals surface area contributed by atoms with E-state index in [0.717, 1.165) is 37.4 Å². The van der Waals surface area contributed by atoms with Crippen LogP contribution in [0.3, 0.4) is 0 Å². The van der Waals surface area contributed by atoms with E-state index in [1.807, 2.05) is 25.1 Å². The second-order valence-electron chi connectivity index (χ2n) is 7.51. The van der Waals surface area contributed by atoms with Crippen molar-refractivity contribution in [1.82, 2.24) is 9.97 Å². The van der Waals surface area contributed by atoms with Crippen LogP contribution in [0, 0.1) is 6.92 Å². The molecule has 1 aromatic heterocycles. The summed E-state index contributed by atoms with van der Waals surface area (Å²) in [4.78, 5) is 7.94. The van der Waals surface area contributed by atoms with Crippen molar-refractivity contribution in [3.8, 4) is 5.75 Å². The highest BCUT2D eigenvalue weighted by atomic mass is 19.4. The van der Waals surface area contributed by atoms with Gasteiger partial charge >= 0.3 is 6.18 Å². The molecule has 2 aromatic carbocycles. The van der Waals surface area contributed by atoms with Crippen LogP contribution in [0.15, 0.2) is 54.7 Å². The molecule has 0 atom stereocenters. The quantitative estimate of drug-likeness (QED) is 0.323. The molecule has 1 heterocycles. The standard InChI is InChI=1S/C24H27F3N4O/c1-3-4-5-6-13-32-20-12-8-11-19(15-20)29-22-21(24(25,26)27)16-28-23(31-22)30-18-10-7-9-17(2)14-18/h7-12,14-16H,3-6,13H2,1-2H3,(H2,28,29,30,31). The SMILES string of the molecule is CCCCCCOc1cccc(Nc2nc(Nc3cccc(C)c3)ncc2C(F)(F)F)c1. The van der Waals surface area contributed by atoms with Crippen LogP contribution in [-0.4, -0.2) is 16.6 Å². The van der Waals surface area contributed by atoms with E-state index in [1.165, 1.54) is 0 Å². The monoisotopic (exact) mass is 444 g/mol. The van der Waals surface area contributed by atoms with Gasteiger partial charge in [-0.3, -0.25) is 0 Å². The van der Waals surface area contributed by atoms with Crippen molar-refractivity contribution < 1.29 is 17.9 Å². The molecule has 0 saturated carbocycles. The molecule has 0 aliphatic carbocycles. The van der Waals surface area contributed by atoms with E-state index in [9.17, 15) is 13.2 Å². The maximum absolute atomic E-state index is 13.5. The summed E-state index contributed by atoms with van der Waals surface area (Å²) in [6.07, 6.45) is 0.488. The average Bonchev–Trinajstić information content (AvgIpc) is 2.73. The number of unbranched alkanes of at least 4 members (excludes halogenated alkanes) is 3. The third-order valence-corrected chi connectivity index (χ3v) is 4.73. The van der Waals surface area contributed by atoms with Gasteiger partial charge in [0.05, 0.1) is 6.61 Å². The zero-order chi connectivity index (χ0) is 23.0. The molecule has 2 N–H and O–H groups in total. The van der Waals surface area contributed by atoms with Crippen LogP contribution in [0.25, 0.3) is 0 Å². The van der Waals surface area contributed by atoms with E-state index < -0.39 is 11.7 Å². The minimum atomic E-state index is -4.60. The predicted octanol–water partition coefficient (Wildman–Crippen LogP) is 7.25. The normalized spacial score (nSPS) is 11.3. The highest BCUT2D eigenvalue weighted by Gasteiger charge is 2.35.